The molecule has 194 valence electrons. The predicted octanol–water partition coefficient (Wildman–Crippen LogP) is 6.28. The summed E-state index contributed by atoms with van der Waals surface area (Å²) in [4.78, 5) is 13.2. The maximum absolute atomic E-state index is 13.5. The molecule has 1 atom stereocenters. The van der Waals surface area contributed by atoms with Crippen molar-refractivity contribution < 1.29 is 23.1 Å². The van der Waals surface area contributed by atoms with Crippen molar-refractivity contribution in [2.24, 2.45) is 0 Å². The molecule has 6 nitrogen and oxygen atoms in total. The van der Waals surface area contributed by atoms with E-state index in [9.17, 15) is 9.18 Å². The molecule has 1 N–H and O–H groups in total. The molecular weight excluding hydrogens is 483 g/mol. The SMILES string of the molecule is COc1cc(OC)cc([C@@H](CC(=O)NCc2ccco2)c2cn(Cc3ccc(F)cc3)c3ccccc23)c1. The lowest BCUT2D eigenvalue weighted by Gasteiger charge is -2.19. The van der Waals surface area contributed by atoms with Gasteiger partial charge in [0, 0.05) is 42.0 Å². The second-order valence-corrected chi connectivity index (χ2v) is 9.11. The number of carbonyl (C=O) groups is 1. The molecule has 5 rings (SSSR count). The number of halogens is 1. The fraction of sp³-hybridized carbons (Fsp3) is 0.194. The number of nitrogens with zero attached hydrogens (tertiary/aromatic N) is 1. The Morgan fingerprint density at radius 2 is 1.71 bits per heavy atom. The van der Waals surface area contributed by atoms with E-state index < -0.39 is 0 Å². The zero-order valence-electron chi connectivity index (χ0n) is 21.3. The molecule has 2 aromatic heterocycles. The summed E-state index contributed by atoms with van der Waals surface area (Å²) in [6.07, 6.45) is 3.88. The third kappa shape index (κ3) is 5.57. The summed E-state index contributed by atoms with van der Waals surface area (Å²) in [6, 6.07) is 23.9. The lowest BCUT2D eigenvalue weighted by atomic mass is 9.87. The molecule has 0 saturated carbocycles. The van der Waals surface area contributed by atoms with E-state index in [4.69, 9.17) is 13.9 Å². The van der Waals surface area contributed by atoms with Crippen molar-refractivity contribution in [3.05, 3.63) is 120 Å². The number of fused-ring (bicyclic) bond motifs is 1. The van der Waals surface area contributed by atoms with Gasteiger partial charge < -0.3 is 23.8 Å². The van der Waals surface area contributed by atoms with Gasteiger partial charge >= 0.3 is 0 Å². The van der Waals surface area contributed by atoms with Crippen LogP contribution >= 0.6 is 0 Å². The highest BCUT2D eigenvalue weighted by Gasteiger charge is 2.24. The van der Waals surface area contributed by atoms with Crippen molar-refractivity contribution in [1.29, 1.82) is 0 Å². The minimum Gasteiger partial charge on any atom is -0.497 e. The van der Waals surface area contributed by atoms with E-state index in [-0.39, 0.29) is 24.1 Å². The van der Waals surface area contributed by atoms with E-state index in [1.54, 1.807) is 38.7 Å². The van der Waals surface area contributed by atoms with Gasteiger partial charge in [0.1, 0.15) is 23.1 Å². The minimum absolute atomic E-state index is 0.108. The lowest BCUT2D eigenvalue weighted by molar-refractivity contribution is -0.121. The maximum Gasteiger partial charge on any atom is 0.221 e. The van der Waals surface area contributed by atoms with Gasteiger partial charge in [0.25, 0.3) is 0 Å². The van der Waals surface area contributed by atoms with E-state index in [1.165, 1.54) is 12.1 Å². The number of hydrogen-bond acceptors (Lipinski definition) is 4. The highest BCUT2D eigenvalue weighted by atomic mass is 19.1. The van der Waals surface area contributed by atoms with Crippen LogP contribution in [0.3, 0.4) is 0 Å². The van der Waals surface area contributed by atoms with E-state index >= 15 is 0 Å². The smallest absolute Gasteiger partial charge is 0.221 e. The minimum atomic E-state index is -0.282. The summed E-state index contributed by atoms with van der Waals surface area (Å²) in [5.41, 5.74) is 3.92. The third-order valence-electron chi connectivity index (χ3n) is 6.67. The lowest BCUT2D eigenvalue weighted by Crippen LogP contribution is -2.24. The molecule has 5 aromatic rings. The van der Waals surface area contributed by atoms with E-state index in [0.717, 1.165) is 27.6 Å². The normalized spacial score (nSPS) is 11.9. The number of para-hydroxylation sites is 1. The third-order valence-corrected chi connectivity index (χ3v) is 6.67. The molecule has 3 aromatic carbocycles. The van der Waals surface area contributed by atoms with Gasteiger partial charge in [0.2, 0.25) is 5.91 Å². The Morgan fingerprint density at radius 1 is 0.974 bits per heavy atom. The van der Waals surface area contributed by atoms with Gasteiger partial charge in [0.15, 0.2) is 0 Å². The summed E-state index contributed by atoms with van der Waals surface area (Å²) in [5.74, 6) is 1.33. The first-order valence-electron chi connectivity index (χ1n) is 12.4. The van der Waals surface area contributed by atoms with Crippen LogP contribution in [0, 0.1) is 5.82 Å². The van der Waals surface area contributed by atoms with Gasteiger partial charge in [-0.25, -0.2) is 4.39 Å². The number of ether oxygens (including phenoxy) is 2. The van der Waals surface area contributed by atoms with Crippen LogP contribution in [0.4, 0.5) is 4.39 Å². The summed E-state index contributed by atoms with van der Waals surface area (Å²) in [7, 11) is 3.22. The Hall–Kier alpha value is -4.52. The standard InChI is InChI=1S/C31H29FN2O4/c1-36-25-14-22(15-26(16-25)37-2)28(17-31(35)33-18-24-6-5-13-38-24)29-20-34(30-8-4-3-7-27(29)30)19-21-9-11-23(32)12-10-21/h3-16,20,28H,17-19H2,1-2H3,(H,33,35)/t28-/m1/s1. The molecule has 0 unspecified atom stereocenters. The Balaban J connectivity index is 1.56. The van der Waals surface area contributed by atoms with Crippen molar-refractivity contribution in [2.45, 2.75) is 25.4 Å². The molecule has 0 spiro atoms. The number of benzene rings is 3. The number of aromatic nitrogens is 1. The molecule has 7 heteroatoms. The Morgan fingerprint density at radius 3 is 2.39 bits per heavy atom. The maximum atomic E-state index is 13.5. The quantitative estimate of drug-likeness (QED) is 0.239. The van der Waals surface area contributed by atoms with Crippen molar-refractivity contribution in [3.8, 4) is 11.5 Å². The highest BCUT2D eigenvalue weighted by Crippen LogP contribution is 2.38. The molecule has 0 saturated heterocycles. The number of nitrogens with one attached hydrogen (secondary N) is 1. The molecule has 38 heavy (non-hydrogen) atoms. The Bertz CT molecular complexity index is 1500. The number of carbonyl (C=O) groups excluding carboxylic acids is 1. The van der Waals surface area contributed by atoms with E-state index in [0.29, 0.717) is 30.3 Å². The van der Waals surface area contributed by atoms with Crippen molar-refractivity contribution >= 4 is 16.8 Å². The second-order valence-electron chi connectivity index (χ2n) is 9.11. The van der Waals surface area contributed by atoms with Crippen LogP contribution in [0.1, 0.15) is 34.8 Å². The summed E-state index contributed by atoms with van der Waals surface area (Å²) >= 11 is 0. The number of hydrogen-bond donors (Lipinski definition) is 1. The van der Waals surface area contributed by atoms with Crippen LogP contribution in [-0.4, -0.2) is 24.7 Å². The fourth-order valence-electron chi connectivity index (χ4n) is 4.76. The number of methoxy groups -OCH3 is 2. The van der Waals surface area contributed by atoms with Crippen molar-refractivity contribution in [3.63, 3.8) is 0 Å². The highest BCUT2D eigenvalue weighted by molar-refractivity contribution is 5.87. The van der Waals surface area contributed by atoms with Crippen molar-refractivity contribution in [1.82, 2.24) is 9.88 Å². The first-order chi connectivity index (χ1) is 18.5. The Labute approximate surface area is 220 Å². The topological polar surface area (TPSA) is 65.6 Å². The number of rotatable bonds is 10. The van der Waals surface area contributed by atoms with Crippen LogP contribution in [0.2, 0.25) is 0 Å². The summed E-state index contributed by atoms with van der Waals surface area (Å²) in [5, 5.41) is 4.02. The van der Waals surface area contributed by atoms with Gasteiger partial charge in [-0.05, 0) is 59.2 Å². The number of amides is 1. The molecule has 0 bridgehead atoms. The van der Waals surface area contributed by atoms with E-state index in [1.807, 2.05) is 36.4 Å². The molecule has 2 heterocycles. The van der Waals surface area contributed by atoms with Crippen LogP contribution < -0.4 is 14.8 Å². The summed E-state index contributed by atoms with van der Waals surface area (Å²) < 4.78 is 32.1. The van der Waals surface area contributed by atoms with Gasteiger partial charge in [-0.2, -0.15) is 0 Å². The van der Waals surface area contributed by atoms with Gasteiger partial charge in [-0.3, -0.25) is 4.79 Å². The molecule has 0 aliphatic carbocycles. The number of furan rings is 1. The van der Waals surface area contributed by atoms with Crippen LogP contribution in [0.5, 0.6) is 11.5 Å². The molecule has 0 radical (unpaired) electrons. The Kier molecular flexibility index (Phi) is 7.45. The van der Waals surface area contributed by atoms with Gasteiger partial charge in [-0.15, -0.1) is 0 Å². The molecule has 0 aliphatic rings. The second kappa shape index (κ2) is 11.3. The molecule has 0 fully saturated rings. The predicted molar refractivity (Wildman–Crippen MR) is 144 cm³/mol. The first kappa shape index (κ1) is 25.1. The first-order valence-corrected chi connectivity index (χ1v) is 12.4. The zero-order valence-corrected chi connectivity index (χ0v) is 21.3. The van der Waals surface area contributed by atoms with E-state index in [2.05, 4.69) is 28.2 Å². The van der Waals surface area contributed by atoms with Crippen molar-refractivity contribution in [2.75, 3.05) is 14.2 Å². The van der Waals surface area contributed by atoms with Crippen LogP contribution in [0.25, 0.3) is 10.9 Å². The van der Waals surface area contributed by atoms with Gasteiger partial charge in [-0.1, -0.05) is 30.3 Å². The average molecular weight is 513 g/mol. The van der Waals surface area contributed by atoms with Gasteiger partial charge in [0.05, 0.1) is 27.0 Å². The van der Waals surface area contributed by atoms with Crippen LogP contribution in [-0.2, 0) is 17.9 Å². The molecule has 1 amide bonds. The van der Waals surface area contributed by atoms with Crippen LogP contribution in [0.15, 0.2) is 95.7 Å². The average Bonchev–Trinajstić information content (AvgIpc) is 3.60. The molecular formula is C31H29FN2O4. The largest absolute Gasteiger partial charge is 0.497 e. The summed E-state index contributed by atoms with van der Waals surface area (Å²) in [6.45, 7) is 0.881. The zero-order chi connectivity index (χ0) is 26.5. The monoisotopic (exact) mass is 512 g/mol. The molecule has 0 aliphatic heterocycles. The fourth-order valence-corrected chi connectivity index (χ4v) is 4.76.